The second-order valence-electron chi connectivity index (χ2n) is 5.96. The van der Waals surface area contributed by atoms with Crippen LogP contribution in [-0.2, 0) is 21.2 Å². The Morgan fingerprint density at radius 3 is 2.58 bits per heavy atom. The highest BCUT2D eigenvalue weighted by Crippen LogP contribution is 2.19. The van der Waals surface area contributed by atoms with Crippen LogP contribution in [-0.4, -0.2) is 32.4 Å². The fourth-order valence-corrected chi connectivity index (χ4v) is 2.80. The third-order valence-corrected chi connectivity index (χ3v) is 4.53. The number of ether oxygens (including phenoxy) is 1. The van der Waals surface area contributed by atoms with E-state index in [1.807, 2.05) is 0 Å². The van der Waals surface area contributed by atoms with E-state index in [4.69, 9.17) is 10.5 Å². The van der Waals surface area contributed by atoms with E-state index in [1.54, 1.807) is 36.4 Å². The molecule has 6 nitrogen and oxygen atoms in total. The molecule has 140 valence electrons. The van der Waals surface area contributed by atoms with Gasteiger partial charge in [-0.3, -0.25) is 4.79 Å². The fraction of sp³-hybridized carbons (Fsp3) is 0.278. The van der Waals surface area contributed by atoms with Crippen molar-refractivity contribution in [2.75, 3.05) is 17.3 Å². The van der Waals surface area contributed by atoms with Gasteiger partial charge in [0.25, 0.3) is 0 Å². The van der Waals surface area contributed by atoms with Crippen molar-refractivity contribution in [1.29, 1.82) is 0 Å². The Hall–Kier alpha value is -2.45. The van der Waals surface area contributed by atoms with Gasteiger partial charge in [-0.2, -0.15) is 0 Å². The van der Waals surface area contributed by atoms with Crippen molar-refractivity contribution in [3.8, 4) is 5.75 Å². The molecule has 2 aromatic carbocycles. The summed E-state index contributed by atoms with van der Waals surface area (Å²) in [6.45, 7) is 0.256. The zero-order valence-corrected chi connectivity index (χ0v) is 15.1. The molecule has 0 radical (unpaired) electrons. The number of halogens is 1. The van der Waals surface area contributed by atoms with Crippen molar-refractivity contribution in [3.05, 3.63) is 59.9 Å². The Morgan fingerprint density at radius 1 is 1.23 bits per heavy atom. The molecule has 0 aromatic heterocycles. The van der Waals surface area contributed by atoms with Gasteiger partial charge in [0.2, 0.25) is 5.91 Å². The lowest BCUT2D eigenvalue weighted by Crippen LogP contribution is -2.37. The van der Waals surface area contributed by atoms with Crippen LogP contribution in [0.2, 0.25) is 0 Å². The first kappa shape index (κ1) is 19.9. The standard InChI is InChI=1S/C18H21FN2O4S/c1-26(23,24)10-9-17(20)18(22)21-15-3-2-4-16(11-15)25-12-13-5-7-14(19)8-6-13/h2-8,11,17H,9-10,12,20H2,1H3,(H,21,22). The number of hydrogen-bond acceptors (Lipinski definition) is 5. The average Bonchev–Trinajstić information content (AvgIpc) is 2.59. The molecule has 0 aliphatic heterocycles. The molecule has 0 heterocycles. The fourth-order valence-electron chi connectivity index (χ4n) is 2.12. The first-order valence-corrected chi connectivity index (χ1v) is 10.0. The Labute approximate surface area is 152 Å². The molecule has 0 saturated heterocycles. The minimum atomic E-state index is -3.17. The minimum Gasteiger partial charge on any atom is -0.489 e. The lowest BCUT2D eigenvalue weighted by Gasteiger charge is -2.13. The summed E-state index contributed by atoms with van der Waals surface area (Å²) < 4.78 is 40.8. The number of anilines is 1. The van der Waals surface area contributed by atoms with E-state index < -0.39 is 21.8 Å². The molecule has 2 rings (SSSR count). The van der Waals surface area contributed by atoms with Gasteiger partial charge in [0, 0.05) is 18.0 Å². The third-order valence-electron chi connectivity index (χ3n) is 3.56. The van der Waals surface area contributed by atoms with E-state index >= 15 is 0 Å². The van der Waals surface area contributed by atoms with Gasteiger partial charge < -0.3 is 15.8 Å². The second-order valence-corrected chi connectivity index (χ2v) is 8.22. The summed E-state index contributed by atoms with van der Waals surface area (Å²) in [4.78, 5) is 12.0. The molecule has 2 aromatic rings. The van der Waals surface area contributed by atoms with Crippen molar-refractivity contribution >= 4 is 21.4 Å². The van der Waals surface area contributed by atoms with E-state index in [0.29, 0.717) is 11.4 Å². The summed E-state index contributed by atoms with van der Waals surface area (Å²) in [6, 6.07) is 11.8. The number of hydrogen-bond donors (Lipinski definition) is 2. The van der Waals surface area contributed by atoms with Crippen molar-refractivity contribution in [1.82, 2.24) is 0 Å². The Bertz CT molecular complexity index is 854. The highest BCUT2D eigenvalue weighted by atomic mass is 32.2. The predicted octanol–water partition coefficient (Wildman–Crippen LogP) is 2.11. The summed E-state index contributed by atoms with van der Waals surface area (Å²) in [5.41, 5.74) is 7.02. The van der Waals surface area contributed by atoms with Crippen molar-refractivity contribution in [2.45, 2.75) is 19.1 Å². The quantitative estimate of drug-likeness (QED) is 0.731. The van der Waals surface area contributed by atoms with Crippen LogP contribution < -0.4 is 15.8 Å². The molecule has 3 N–H and O–H groups in total. The molecular weight excluding hydrogens is 359 g/mol. The van der Waals surface area contributed by atoms with Gasteiger partial charge >= 0.3 is 0 Å². The number of sulfone groups is 1. The van der Waals surface area contributed by atoms with Crippen LogP contribution in [0.3, 0.4) is 0 Å². The zero-order valence-electron chi connectivity index (χ0n) is 14.3. The largest absolute Gasteiger partial charge is 0.489 e. The maximum atomic E-state index is 12.9. The van der Waals surface area contributed by atoms with Crippen LogP contribution in [0.5, 0.6) is 5.75 Å². The van der Waals surface area contributed by atoms with Crippen molar-refractivity contribution < 1.29 is 22.3 Å². The van der Waals surface area contributed by atoms with Crippen LogP contribution in [0.15, 0.2) is 48.5 Å². The van der Waals surface area contributed by atoms with Crippen LogP contribution >= 0.6 is 0 Å². The van der Waals surface area contributed by atoms with E-state index in [0.717, 1.165) is 11.8 Å². The molecule has 1 unspecified atom stereocenters. The Kier molecular flexibility index (Phi) is 6.70. The Balaban J connectivity index is 1.91. The van der Waals surface area contributed by atoms with E-state index in [9.17, 15) is 17.6 Å². The van der Waals surface area contributed by atoms with E-state index in [1.165, 1.54) is 12.1 Å². The first-order valence-electron chi connectivity index (χ1n) is 7.94. The number of carbonyl (C=O) groups excluding carboxylic acids is 1. The number of rotatable bonds is 8. The SMILES string of the molecule is CS(=O)(=O)CCC(N)C(=O)Nc1cccc(OCc2ccc(F)cc2)c1. The van der Waals surface area contributed by atoms with Gasteiger partial charge in [-0.1, -0.05) is 18.2 Å². The van der Waals surface area contributed by atoms with Crippen molar-refractivity contribution in [3.63, 3.8) is 0 Å². The van der Waals surface area contributed by atoms with Crippen LogP contribution in [0, 0.1) is 5.82 Å². The highest BCUT2D eigenvalue weighted by Gasteiger charge is 2.16. The minimum absolute atomic E-state index is 0.0470. The summed E-state index contributed by atoms with van der Waals surface area (Å²) in [5, 5.41) is 2.64. The third kappa shape index (κ3) is 6.81. The molecule has 0 bridgehead atoms. The van der Waals surface area contributed by atoms with Gasteiger partial charge in [0.05, 0.1) is 11.8 Å². The summed E-state index contributed by atoms with van der Waals surface area (Å²) in [7, 11) is -3.17. The first-order chi connectivity index (χ1) is 12.2. The van der Waals surface area contributed by atoms with Crippen LogP contribution in [0.4, 0.5) is 10.1 Å². The lowest BCUT2D eigenvalue weighted by atomic mass is 10.2. The van der Waals surface area contributed by atoms with E-state index in [2.05, 4.69) is 5.32 Å². The monoisotopic (exact) mass is 380 g/mol. The maximum absolute atomic E-state index is 12.9. The van der Waals surface area contributed by atoms with Gasteiger partial charge in [0.1, 0.15) is 28.0 Å². The van der Waals surface area contributed by atoms with E-state index in [-0.39, 0.29) is 24.6 Å². The predicted molar refractivity (Wildman–Crippen MR) is 98.1 cm³/mol. The number of carbonyl (C=O) groups is 1. The van der Waals surface area contributed by atoms with Crippen LogP contribution in [0.1, 0.15) is 12.0 Å². The molecule has 0 fully saturated rings. The topological polar surface area (TPSA) is 98.5 Å². The molecular formula is C18H21FN2O4S. The molecule has 8 heteroatoms. The molecule has 1 atom stereocenters. The lowest BCUT2D eigenvalue weighted by molar-refractivity contribution is -0.117. The summed E-state index contributed by atoms with van der Waals surface area (Å²) in [6.07, 6.45) is 1.14. The summed E-state index contributed by atoms with van der Waals surface area (Å²) in [5.74, 6) is -0.408. The van der Waals surface area contributed by atoms with Crippen LogP contribution in [0.25, 0.3) is 0 Å². The maximum Gasteiger partial charge on any atom is 0.241 e. The normalized spacial score (nSPS) is 12.4. The van der Waals surface area contributed by atoms with Gasteiger partial charge in [-0.05, 0) is 36.2 Å². The number of nitrogens with one attached hydrogen (secondary N) is 1. The molecule has 1 amide bonds. The average molecular weight is 380 g/mol. The molecule has 26 heavy (non-hydrogen) atoms. The second kappa shape index (κ2) is 8.77. The molecule has 0 spiro atoms. The van der Waals surface area contributed by atoms with Crippen molar-refractivity contribution in [2.24, 2.45) is 5.73 Å². The molecule has 0 saturated carbocycles. The Morgan fingerprint density at radius 2 is 1.92 bits per heavy atom. The van der Waals surface area contributed by atoms with Gasteiger partial charge in [0.15, 0.2) is 0 Å². The number of benzene rings is 2. The number of nitrogens with two attached hydrogens (primary N) is 1. The summed E-state index contributed by atoms with van der Waals surface area (Å²) >= 11 is 0. The van der Waals surface area contributed by atoms with Gasteiger partial charge in [-0.25, -0.2) is 12.8 Å². The molecule has 0 aliphatic carbocycles. The number of amides is 1. The zero-order chi connectivity index (χ0) is 19.2. The highest BCUT2D eigenvalue weighted by molar-refractivity contribution is 7.90. The molecule has 0 aliphatic rings. The van der Waals surface area contributed by atoms with Gasteiger partial charge in [-0.15, -0.1) is 0 Å². The smallest absolute Gasteiger partial charge is 0.241 e.